The van der Waals surface area contributed by atoms with Gasteiger partial charge in [0, 0.05) is 30.8 Å². The molecule has 0 aliphatic rings. The fraction of sp³-hybridized carbons (Fsp3) is 0.321. The minimum Gasteiger partial charge on any atom is -0.486 e. The monoisotopic (exact) mass is 496 g/mol. The Morgan fingerprint density at radius 3 is 2.17 bits per heavy atom. The molecule has 2 N–H and O–H groups in total. The lowest BCUT2D eigenvalue weighted by atomic mass is 9.98. The van der Waals surface area contributed by atoms with Gasteiger partial charge < -0.3 is 15.2 Å². The Bertz CT molecular complexity index is 1160. The zero-order valence-electron chi connectivity index (χ0n) is 20.5. The first kappa shape index (κ1) is 26.8. The Hall–Kier alpha value is -3.81. The summed E-state index contributed by atoms with van der Waals surface area (Å²) in [5.74, 6) is -3.27. The van der Waals surface area contributed by atoms with Crippen molar-refractivity contribution in [2.24, 2.45) is 5.92 Å². The molecule has 0 saturated heterocycles. The van der Waals surface area contributed by atoms with Crippen LogP contribution in [-0.4, -0.2) is 28.5 Å². The van der Waals surface area contributed by atoms with Gasteiger partial charge in [-0.1, -0.05) is 44.2 Å². The molecule has 1 unspecified atom stereocenters. The molecular formula is C28H30F2N2O4. The van der Waals surface area contributed by atoms with E-state index in [1.54, 1.807) is 18.2 Å². The fourth-order valence-corrected chi connectivity index (χ4v) is 3.63. The van der Waals surface area contributed by atoms with Gasteiger partial charge >= 0.3 is 5.97 Å². The normalized spacial score (nSPS) is 12.3. The van der Waals surface area contributed by atoms with Crippen LogP contribution in [0.2, 0.25) is 0 Å². The van der Waals surface area contributed by atoms with E-state index >= 15 is 0 Å². The van der Waals surface area contributed by atoms with Gasteiger partial charge in [-0.2, -0.15) is 8.78 Å². The van der Waals surface area contributed by atoms with E-state index in [9.17, 15) is 18.4 Å². The van der Waals surface area contributed by atoms with E-state index in [1.165, 1.54) is 12.3 Å². The summed E-state index contributed by atoms with van der Waals surface area (Å²) < 4.78 is 33.1. The predicted molar refractivity (Wildman–Crippen MR) is 133 cm³/mol. The van der Waals surface area contributed by atoms with Crippen LogP contribution in [-0.2, 0) is 10.7 Å². The van der Waals surface area contributed by atoms with Gasteiger partial charge in [-0.05, 0) is 53.8 Å². The average Bonchev–Trinajstić information content (AvgIpc) is 2.83. The molecular weight excluding hydrogens is 466 g/mol. The zero-order chi connectivity index (χ0) is 26.3. The lowest BCUT2D eigenvalue weighted by Crippen LogP contribution is -2.26. The van der Waals surface area contributed by atoms with E-state index in [2.05, 4.69) is 24.1 Å². The van der Waals surface area contributed by atoms with E-state index in [1.807, 2.05) is 36.4 Å². The molecule has 1 amide bonds. The quantitative estimate of drug-likeness (QED) is 0.328. The molecule has 0 aliphatic heterocycles. The number of carboxylic acids is 1. The number of benzene rings is 2. The SMILES string of the molecule is CC(C)CC(Oc1ccc(-c2ccc(C(C)(F)F)nc2)cc1)c1ccc(C(=O)NCCC(=O)O)cc1. The highest BCUT2D eigenvalue weighted by Gasteiger charge is 2.25. The summed E-state index contributed by atoms with van der Waals surface area (Å²) in [7, 11) is 0. The van der Waals surface area contributed by atoms with Crippen LogP contribution in [0, 0.1) is 5.92 Å². The molecule has 0 aliphatic carbocycles. The highest BCUT2D eigenvalue weighted by atomic mass is 19.3. The van der Waals surface area contributed by atoms with Crippen LogP contribution in [0.4, 0.5) is 8.78 Å². The second-order valence-corrected chi connectivity index (χ2v) is 9.10. The van der Waals surface area contributed by atoms with Crippen LogP contribution in [0.3, 0.4) is 0 Å². The second-order valence-electron chi connectivity index (χ2n) is 9.10. The topological polar surface area (TPSA) is 88.5 Å². The molecule has 3 aromatic rings. The van der Waals surface area contributed by atoms with Crippen LogP contribution in [0.25, 0.3) is 11.1 Å². The summed E-state index contributed by atoms with van der Waals surface area (Å²) in [5, 5.41) is 11.3. The van der Waals surface area contributed by atoms with Gasteiger partial charge in [-0.15, -0.1) is 0 Å². The third kappa shape index (κ3) is 7.60. The van der Waals surface area contributed by atoms with Gasteiger partial charge in [0.15, 0.2) is 0 Å². The van der Waals surface area contributed by atoms with Crippen molar-refractivity contribution in [2.45, 2.75) is 45.6 Å². The number of alkyl halides is 2. The summed E-state index contributed by atoms with van der Waals surface area (Å²) >= 11 is 0. The number of halogens is 2. The number of aliphatic carboxylic acids is 1. The number of carbonyl (C=O) groups excluding carboxylic acids is 1. The molecule has 0 fully saturated rings. The predicted octanol–water partition coefficient (Wildman–Crippen LogP) is 6.23. The summed E-state index contributed by atoms with van der Waals surface area (Å²) in [6.07, 6.45) is 1.81. The van der Waals surface area contributed by atoms with Crippen LogP contribution >= 0.6 is 0 Å². The van der Waals surface area contributed by atoms with Crippen LogP contribution < -0.4 is 10.1 Å². The Balaban J connectivity index is 1.70. The molecule has 190 valence electrons. The van der Waals surface area contributed by atoms with E-state index in [-0.39, 0.29) is 30.7 Å². The van der Waals surface area contributed by atoms with Crippen molar-refractivity contribution in [3.05, 3.63) is 83.7 Å². The van der Waals surface area contributed by atoms with E-state index in [0.717, 1.165) is 30.0 Å². The molecule has 0 bridgehead atoms. The first-order valence-corrected chi connectivity index (χ1v) is 11.7. The van der Waals surface area contributed by atoms with E-state index in [0.29, 0.717) is 17.2 Å². The largest absolute Gasteiger partial charge is 0.486 e. The van der Waals surface area contributed by atoms with Crippen molar-refractivity contribution in [1.29, 1.82) is 0 Å². The number of rotatable bonds is 11. The molecule has 1 aromatic heterocycles. The number of carbonyl (C=O) groups is 2. The molecule has 1 heterocycles. The number of carboxylic acid groups (broad SMARTS) is 1. The number of ether oxygens (including phenoxy) is 1. The molecule has 6 nitrogen and oxygen atoms in total. The molecule has 36 heavy (non-hydrogen) atoms. The number of pyridine rings is 1. The van der Waals surface area contributed by atoms with Gasteiger partial charge in [0.05, 0.1) is 6.42 Å². The number of hydrogen-bond donors (Lipinski definition) is 2. The number of nitrogens with zero attached hydrogens (tertiary/aromatic N) is 1. The molecule has 2 aromatic carbocycles. The van der Waals surface area contributed by atoms with Crippen molar-refractivity contribution in [3.8, 4) is 16.9 Å². The summed E-state index contributed by atoms with van der Waals surface area (Å²) in [6, 6.07) is 17.4. The Labute approximate surface area is 209 Å². The average molecular weight is 497 g/mol. The van der Waals surface area contributed by atoms with Gasteiger partial charge in [0.25, 0.3) is 11.8 Å². The van der Waals surface area contributed by atoms with Crippen LogP contribution in [0.1, 0.15) is 61.3 Å². The number of aromatic nitrogens is 1. The summed E-state index contributed by atoms with van der Waals surface area (Å²) in [6.45, 7) is 5.08. The summed E-state index contributed by atoms with van der Waals surface area (Å²) in [5.41, 5.74) is 2.64. The molecule has 8 heteroatoms. The van der Waals surface area contributed by atoms with Gasteiger partial charge in [-0.25, -0.2) is 0 Å². The molecule has 0 radical (unpaired) electrons. The Morgan fingerprint density at radius 1 is 1.00 bits per heavy atom. The lowest BCUT2D eigenvalue weighted by molar-refractivity contribution is -0.136. The van der Waals surface area contributed by atoms with Crippen molar-refractivity contribution >= 4 is 11.9 Å². The van der Waals surface area contributed by atoms with Crippen LogP contribution in [0.15, 0.2) is 66.9 Å². The number of amides is 1. The van der Waals surface area contributed by atoms with Crippen molar-refractivity contribution in [3.63, 3.8) is 0 Å². The molecule has 1 atom stereocenters. The lowest BCUT2D eigenvalue weighted by Gasteiger charge is -2.22. The second kappa shape index (κ2) is 11.7. The van der Waals surface area contributed by atoms with E-state index in [4.69, 9.17) is 9.84 Å². The highest BCUT2D eigenvalue weighted by molar-refractivity contribution is 5.94. The van der Waals surface area contributed by atoms with Gasteiger partial charge in [0.1, 0.15) is 17.5 Å². The minimum absolute atomic E-state index is 0.0658. The van der Waals surface area contributed by atoms with Crippen molar-refractivity contribution in [1.82, 2.24) is 10.3 Å². The first-order chi connectivity index (χ1) is 17.0. The Morgan fingerprint density at radius 2 is 1.64 bits per heavy atom. The maximum Gasteiger partial charge on any atom is 0.305 e. The molecule has 0 saturated carbocycles. The van der Waals surface area contributed by atoms with Gasteiger partial charge in [-0.3, -0.25) is 14.6 Å². The molecule has 3 rings (SSSR count). The number of nitrogens with one attached hydrogen (secondary N) is 1. The highest BCUT2D eigenvalue weighted by Crippen LogP contribution is 2.31. The van der Waals surface area contributed by atoms with E-state index < -0.39 is 11.9 Å². The smallest absolute Gasteiger partial charge is 0.305 e. The molecule has 0 spiro atoms. The van der Waals surface area contributed by atoms with Crippen molar-refractivity contribution in [2.75, 3.05) is 6.54 Å². The first-order valence-electron chi connectivity index (χ1n) is 11.7. The fourth-order valence-electron chi connectivity index (χ4n) is 3.63. The van der Waals surface area contributed by atoms with Crippen LogP contribution in [0.5, 0.6) is 5.75 Å². The third-order valence-electron chi connectivity index (χ3n) is 5.53. The maximum absolute atomic E-state index is 13.4. The van der Waals surface area contributed by atoms with Gasteiger partial charge in [0.2, 0.25) is 0 Å². The third-order valence-corrected chi connectivity index (χ3v) is 5.53. The maximum atomic E-state index is 13.4. The Kier molecular flexibility index (Phi) is 8.74. The number of hydrogen-bond acceptors (Lipinski definition) is 4. The standard InChI is InChI=1S/C28H30F2N2O4/c1-18(2)16-24(20-4-6-21(7-5-20)27(35)31-15-14-26(33)34)36-23-11-8-19(9-12-23)22-10-13-25(32-17-22)28(3,29)30/h4-13,17-18,24H,14-16H2,1-3H3,(H,31,35)(H,33,34). The van der Waals surface area contributed by atoms with Crippen molar-refractivity contribution < 1.29 is 28.2 Å². The zero-order valence-corrected chi connectivity index (χ0v) is 20.5. The summed E-state index contributed by atoms with van der Waals surface area (Å²) in [4.78, 5) is 26.7. The minimum atomic E-state index is -2.98.